The first kappa shape index (κ1) is 72.9. The molecular weight excluding hydrogens is 1230 g/mol. The van der Waals surface area contributed by atoms with E-state index in [0.717, 1.165) is 27.6 Å². The molecule has 19 N–H and O–H groups in total. The van der Waals surface area contributed by atoms with Crippen LogP contribution in [0, 0.1) is 13.8 Å². The highest BCUT2D eigenvalue weighted by Gasteiger charge is 2.40. The summed E-state index contributed by atoms with van der Waals surface area (Å²) in [6.45, 7) is 4.15. The summed E-state index contributed by atoms with van der Waals surface area (Å²) in [7, 11) is 0. The topological polar surface area (TPSA) is 441 Å². The number of primary amides is 3. The van der Waals surface area contributed by atoms with Crippen molar-refractivity contribution in [1.29, 1.82) is 0 Å². The lowest BCUT2D eigenvalue weighted by Gasteiger charge is -2.29. The van der Waals surface area contributed by atoms with Crippen molar-refractivity contribution >= 4 is 75.9 Å². The summed E-state index contributed by atoms with van der Waals surface area (Å²) < 4.78 is 0. The van der Waals surface area contributed by atoms with Crippen LogP contribution in [0.25, 0.3) is 10.9 Å². The number of rotatable bonds is 36. The first-order valence-electron chi connectivity index (χ1n) is 32.2. The van der Waals surface area contributed by atoms with Crippen LogP contribution in [0.15, 0.2) is 134 Å². The Morgan fingerprint density at radius 3 is 1.39 bits per heavy atom. The van der Waals surface area contributed by atoms with Crippen LogP contribution >= 0.6 is 0 Å². The number of carbonyl (C=O) groups excluding carboxylic acids is 11. The van der Waals surface area contributed by atoms with Crippen LogP contribution in [0.2, 0.25) is 0 Å². The van der Waals surface area contributed by atoms with Gasteiger partial charge in [-0.1, -0.05) is 109 Å². The number of phenolic OH excluding ortho intramolecular Hbond substituents is 1. The van der Waals surface area contributed by atoms with E-state index in [0.29, 0.717) is 48.1 Å². The number of nitrogens with two attached hydrogens (primary N) is 5. The molecule has 0 bridgehead atoms. The van der Waals surface area contributed by atoms with Crippen LogP contribution in [0.1, 0.15) is 96.7 Å². The van der Waals surface area contributed by atoms with Crippen LogP contribution in [0.3, 0.4) is 0 Å². The fourth-order valence-electron chi connectivity index (χ4n) is 11.8. The number of H-pyrrole nitrogens is 1. The maximum absolute atomic E-state index is 15.1. The number of para-hydroxylation sites is 1. The molecule has 2 heterocycles. The van der Waals surface area contributed by atoms with Gasteiger partial charge in [0.2, 0.25) is 65.0 Å². The largest absolute Gasteiger partial charge is 0.508 e. The molecule has 5 aromatic carbocycles. The van der Waals surface area contributed by atoms with Crippen molar-refractivity contribution in [1.82, 2.24) is 47.1 Å². The second-order valence-corrected chi connectivity index (χ2v) is 24.3. The van der Waals surface area contributed by atoms with E-state index in [4.69, 9.17) is 28.7 Å². The van der Waals surface area contributed by atoms with Crippen LogP contribution in [0.5, 0.6) is 5.75 Å². The smallest absolute Gasteiger partial charge is 0.243 e. The predicted molar refractivity (Wildman–Crippen MR) is 359 cm³/mol. The number of aromatic amines is 1. The molecule has 1 fully saturated rings. The molecule has 0 unspecified atom stereocenters. The fourth-order valence-corrected chi connectivity index (χ4v) is 11.8. The van der Waals surface area contributed by atoms with Crippen LogP contribution < -0.4 is 65.9 Å². The first-order chi connectivity index (χ1) is 46.0. The van der Waals surface area contributed by atoms with Gasteiger partial charge in [-0.25, -0.2) is 0 Å². The summed E-state index contributed by atoms with van der Waals surface area (Å²) in [5.41, 5.74) is 34.4. The third kappa shape index (κ3) is 21.5. The second-order valence-electron chi connectivity index (χ2n) is 24.3. The Bertz CT molecular complexity index is 3680. The van der Waals surface area contributed by atoms with Gasteiger partial charge in [0.25, 0.3) is 0 Å². The Labute approximate surface area is 556 Å². The number of hydrogen-bond donors (Lipinski definition) is 14. The molecule has 0 aliphatic carbocycles. The highest BCUT2D eigenvalue weighted by atomic mass is 16.3. The summed E-state index contributed by atoms with van der Waals surface area (Å²) in [4.78, 5) is 159. The van der Waals surface area contributed by atoms with E-state index in [-0.39, 0.29) is 63.7 Å². The SMILES string of the molecule is Cc1cc(O)cc(C)c1C[C@H](N)C(=O)N1CCC[C@H]1C(=O)N[C@@H](Cc1c[nH]c2ccccc12)C(=O)N[C@@H](Cc1ccccc1)C(=O)N[C@@H](CCC(N)=O)C(=O)N[C@@H](Cc1ccccc1)C(=O)N[C@@H](CCC(N)=O)C(=O)N[C@@H](Cc1ccccc1)C(=O)N[C@@H](CCCCN)C(N)=O. The molecule has 1 aliphatic heterocycles. The Balaban J connectivity index is 1.15. The molecule has 0 spiro atoms. The van der Waals surface area contributed by atoms with Crippen molar-refractivity contribution in [3.05, 3.63) is 173 Å². The Morgan fingerprint density at radius 1 is 0.521 bits per heavy atom. The van der Waals surface area contributed by atoms with Gasteiger partial charge in [-0.3, -0.25) is 52.7 Å². The van der Waals surface area contributed by atoms with Crippen molar-refractivity contribution in [3.63, 3.8) is 0 Å². The summed E-state index contributed by atoms with van der Waals surface area (Å²) in [5.74, 6) is -8.96. The van der Waals surface area contributed by atoms with Crippen molar-refractivity contribution in [2.45, 2.75) is 158 Å². The first-order valence-corrected chi connectivity index (χ1v) is 32.2. The van der Waals surface area contributed by atoms with Gasteiger partial charge in [0.1, 0.15) is 54.1 Å². The van der Waals surface area contributed by atoms with Crippen LogP contribution in [-0.2, 0) is 84.8 Å². The molecule has 0 saturated carbocycles. The zero-order valence-corrected chi connectivity index (χ0v) is 54.0. The molecule has 9 atom stereocenters. The number of phenols is 1. The predicted octanol–water partition coefficient (Wildman–Crippen LogP) is 0.861. The average Bonchev–Trinajstić information content (AvgIpc) is 1.50. The minimum Gasteiger partial charge on any atom is -0.508 e. The van der Waals surface area contributed by atoms with Gasteiger partial charge in [0.05, 0.1) is 6.04 Å². The van der Waals surface area contributed by atoms with Gasteiger partial charge in [-0.2, -0.15) is 0 Å². The number of aryl methyl sites for hydroxylation is 2. The zero-order valence-electron chi connectivity index (χ0n) is 54.0. The number of hydrogen-bond acceptors (Lipinski definition) is 14. The molecule has 26 heteroatoms. The van der Waals surface area contributed by atoms with Crippen LogP contribution in [0.4, 0.5) is 0 Å². The summed E-state index contributed by atoms with van der Waals surface area (Å²) in [6.07, 6.45) is 1.47. The number of unbranched alkanes of at least 4 members (excludes halogenated alkanes) is 1. The molecule has 1 saturated heterocycles. The number of carbonyl (C=O) groups is 11. The third-order valence-corrected chi connectivity index (χ3v) is 17.0. The lowest BCUT2D eigenvalue weighted by Crippen LogP contribution is -2.61. The monoisotopic (exact) mass is 1320 g/mol. The quantitative estimate of drug-likeness (QED) is 0.0243. The fraction of sp³-hybridized carbons (Fsp3) is 0.386. The number of fused-ring (bicyclic) bond motifs is 1. The zero-order chi connectivity index (χ0) is 69.4. The van der Waals surface area contributed by atoms with E-state index in [1.165, 1.54) is 4.90 Å². The number of aromatic nitrogens is 1. The van der Waals surface area contributed by atoms with Gasteiger partial charge >= 0.3 is 0 Å². The molecular formula is C70H88N14O12. The van der Waals surface area contributed by atoms with Gasteiger partial charge in [-0.05, 0) is 129 Å². The molecule has 510 valence electrons. The normalized spacial score (nSPS) is 15.2. The number of nitrogens with zero attached hydrogens (tertiary/aromatic N) is 1. The lowest BCUT2D eigenvalue weighted by atomic mass is 9.95. The molecule has 96 heavy (non-hydrogen) atoms. The molecule has 0 radical (unpaired) electrons. The Hall–Kier alpha value is -10.5. The number of aromatic hydroxyl groups is 1. The number of amides is 11. The standard InChI is InChI=1S/C70H88N14O12/c1-41-33-47(85)34-42(2)49(41)39-50(72)70(96)84-32-16-26-59(84)69(95)83-58(38-46-40-76-51-24-13-12-23-48(46)51)68(94)82-57(37-45-21-10-5-11-22-45)67(93)79-54(28-30-61(74)87)64(90)81-56(36-44-19-8-4-9-20-44)66(92)78-53(27-29-60(73)86)63(89)80-55(35-43-17-6-3-7-18-43)65(91)77-52(62(75)88)25-14-15-31-71/h3-13,17-24,33-34,40,50,52-59,76,85H,14-16,25-32,35-39,71-72H2,1-2H3,(H2,73,86)(H2,74,87)(H2,75,88)(H,77,91)(H,78,92)(H,79,93)(H,80,89)(H,81,90)(H,82,94)(H,83,95)/t50-,52-,53-,54-,55-,56-,57-,58-,59-/m0/s1. The van der Waals surface area contributed by atoms with Gasteiger partial charge < -0.3 is 80.9 Å². The lowest BCUT2D eigenvalue weighted by molar-refractivity contribution is -0.140. The van der Waals surface area contributed by atoms with E-state index < -0.39 is 139 Å². The number of likely N-dealkylation sites (tertiary alicyclic amines) is 1. The van der Waals surface area contributed by atoms with E-state index >= 15 is 9.59 Å². The summed E-state index contributed by atoms with van der Waals surface area (Å²) >= 11 is 0. The van der Waals surface area contributed by atoms with Gasteiger partial charge in [0, 0.05) is 62.2 Å². The van der Waals surface area contributed by atoms with Crippen molar-refractivity contribution in [2.24, 2.45) is 28.7 Å². The average molecular weight is 1320 g/mol. The van der Waals surface area contributed by atoms with E-state index in [1.807, 2.05) is 24.3 Å². The second kappa shape index (κ2) is 35.7. The molecule has 7 rings (SSSR count). The van der Waals surface area contributed by atoms with Crippen molar-refractivity contribution in [3.8, 4) is 5.75 Å². The third-order valence-electron chi connectivity index (χ3n) is 17.0. The molecule has 1 aromatic heterocycles. The maximum Gasteiger partial charge on any atom is 0.243 e. The summed E-state index contributed by atoms with van der Waals surface area (Å²) in [6, 6.07) is 24.0. The Kier molecular flexibility index (Phi) is 27.1. The van der Waals surface area contributed by atoms with E-state index in [9.17, 15) is 48.3 Å². The minimum atomic E-state index is -1.63. The molecule has 26 nitrogen and oxygen atoms in total. The highest BCUT2D eigenvalue weighted by Crippen LogP contribution is 2.26. The van der Waals surface area contributed by atoms with Gasteiger partial charge in [0.15, 0.2) is 0 Å². The summed E-state index contributed by atoms with van der Waals surface area (Å²) in [5, 5.41) is 29.9. The molecule has 6 aromatic rings. The molecule has 11 amide bonds. The van der Waals surface area contributed by atoms with Crippen molar-refractivity contribution < 1.29 is 57.8 Å². The van der Waals surface area contributed by atoms with Crippen molar-refractivity contribution in [2.75, 3.05) is 13.1 Å². The minimum absolute atomic E-state index is 0.0746. The number of benzene rings is 5. The van der Waals surface area contributed by atoms with E-state index in [1.54, 1.807) is 123 Å². The van der Waals surface area contributed by atoms with E-state index in [2.05, 4.69) is 42.2 Å². The van der Waals surface area contributed by atoms with Crippen LogP contribution in [-0.4, -0.2) is 147 Å². The maximum atomic E-state index is 15.1. The van der Waals surface area contributed by atoms with Gasteiger partial charge in [-0.15, -0.1) is 0 Å². The molecule has 1 aliphatic rings. The Morgan fingerprint density at radius 2 is 0.938 bits per heavy atom. The number of nitrogens with one attached hydrogen (secondary N) is 8. The highest BCUT2D eigenvalue weighted by molar-refractivity contribution is 5.99.